The maximum absolute atomic E-state index is 4.63. The Kier molecular flexibility index (Phi) is 7.77. The number of rotatable bonds is 6. The molecule has 3 N–H and O–H groups in total. The average Bonchev–Trinajstić information content (AvgIpc) is 3.20. The Labute approximate surface area is 164 Å². The topological polar surface area (TPSA) is 61.3 Å². The van der Waals surface area contributed by atoms with Crippen molar-refractivity contribution in [2.75, 3.05) is 25.0 Å². The number of fused-ring (bicyclic) bond motifs is 1. The fourth-order valence-corrected chi connectivity index (χ4v) is 3.42. The number of nitrogens with one attached hydrogen (secondary N) is 3. The number of benzene rings is 1. The molecule has 1 heterocycles. The summed E-state index contributed by atoms with van der Waals surface area (Å²) in [6.45, 7) is 4.45. The van der Waals surface area contributed by atoms with E-state index in [1.165, 1.54) is 4.70 Å². The van der Waals surface area contributed by atoms with Gasteiger partial charge in [0.25, 0.3) is 0 Å². The summed E-state index contributed by atoms with van der Waals surface area (Å²) in [5.74, 6) is 0.896. The van der Waals surface area contributed by atoms with Crippen molar-refractivity contribution in [3.8, 4) is 0 Å². The molecule has 1 aromatic heterocycles. The van der Waals surface area contributed by atoms with Gasteiger partial charge in [0.2, 0.25) is 0 Å². The smallest absolute Gasteiger partial charge is 0.191 e. The molecular weight excluding hydrogens is 433 g/mol. The summed E-state index contributed by atoms with van der Waals surface area (Å²) in [4.78, 5) is 9.20. The van der Waals surface area contributed by atoms with E-state index in [4.69, 9.17) is 0 Å². The molecule has 130 valence electrons. The number of nitrogens with zero attached hydrogens (tertiary/aromatic N) is 2. The maximum Gasteiger partial charge on any atom is 0.191 e. The Hall–Kier alpha value is -1.35. The molecule has 3 rings (SSSR count). The fraction of sp³-hybridized carbons (Fsp3) is 0.412. The highest BCUT2D eigenvalue weighted by Gasteiger charge is 2.11. The molecule has 0 spiro atoms. The minimum absolute atomic E-state index is 0. The third-order valence-corrected chi connectivity index (χ3v) is 4.64. The van der Waals surface area contributed by atoms with Crippen molar-refractivity contribution in [3.63, 3.8) is 0 Å². The number of halogens is 1. The highest BCUT2D eigenvalue weighted by molar-refractivity contribution is 14.0. The van der Waals surface area contributed by atoms with Gasteiger partial charge in [-0.15, -0.1) is 24.0 Å². The van der Waals surface area contributed by atoms with E-state index < -0.39 is 0 Å². The minimum Gasteiger partial charge on any atom is -0.360 e. The molecule has 2 aromatic rings. The zero-order chi connectivity index (χ0) is 15.9. The summed E-state index contributed by atoms with van der Waals surface area (Å²) in [6.07, 6.45) is 6.59. The molecule has 0 atom stereocenters. The van der Waals surface area contributed by atoms with Crippen LogP contribution < -0.4 is 16.0 Å². The SMILES string of the molecule is CCNC(=NCCNc1nc2ccccc2s1)NC1CC=CC1.I. The highest BCUT2D eigenvalue weighted by atomic mass is 127. The van der Waals surface area contributed by atoms with E-state index in [0.717, 1.165) is 42.5 Å². The number of guanidine groups is 1. The Bertz CT molecular complexity index is 656. The number of thiazole rings is 1. The van der Waals surface area contributed by atoms with E-state index in [2.05, 4.69) is 51.1 Å². The van der Waals surface area contributed by atoms with Crippen LogP contribution in [0.4, 0.5) is 5.13 Å². The van der Waals surface area contributed by atoms with Gasteiger partial charge in [0, 0.05) is 19.1 Å². The van der Waals surface area contributed by atoms with E-state index in [-0.39, 0.29) is 24.0 Å². The van der Waals surface area contributed by atoms with Crippen molar-refractivity contribution in [3.05, 3.63) is 36.4 Å². The second-order valence-corrected chi connectivity index (χ2v) is 6.49. The number of hydrogen-bond donors (Lipinski definition) is 3. The lowest BCUT2D eigenvalue weighted by molar-refractivity contribution is 0.634. The van der Waals surface area contributed by atoms with Crippen LogP contribution in [0.1, 0.15) is 19.8 Å². The molecule has 0 amide bonds. The van der Waals surface area contributed by atoms with E-state index in [1.54, 1.807) is 11.3 Å². The van der Waals surface area contributed by atoms with Gasteiger partial charge >= 0.3 is 0 Å². The van der Waals surface area contributed by atoms with Crippen molar-refractivity contribution < 1.29 is 0 Å². The Morgan fingerprint density at radius 1 is 1.29 bits per heavy atom. The Balaban J connectivity index is 0.00000208. The monoisotopic (exact) mass is 457 g/mol. The molecule has 0 radical (unpaired) electrons. The summed E-state index contributed by atoms with van der Waals surface area (Å²) in [5.41, 5.74) is 1.05. The van der Waals surface area contributed by atoms with Gasteiger partial charge in [-0.1, -0.05) is 35.6 Å². The predicted molar refractivity (Wildman–Crippen MR) is 115 cm³/mol. The van der Waals surface area contributed by atoms with Crippen LogP contribution in [0.25, 0.3) is 10.2 Å². The van der Waals surface area contributed by atoms with E-state index in [9.17, 15) is 0 Å². The van der Waals surface area contributed by atoms with Crippen molar-refractivity contribution in [1.29, 1.82) is 0 Å². The number of hydrogen-bond acceptors (Lipinski definition) is 4. The molecule has 1 aromatic carbocycles. The van der Waals surface area contributed by atoms with Crippen LogP contribution >= 0.6 is 35.3 Å². The predicted octanol–water partition coefficient (Wildman–Crippen LogP) is 3.60. The fourth-order valence-electron chi connectivity index (χ4n) is 2.53. The van der Waals surface area contributed by atoms with Crippen LogP contribution in [0.2, 0.25) is 0 Å². The van der Waals surface area contributed by atoms with Crippen molar-refractivity contribution in [2.24, 2.45) is 4.99 Å². The number of aromatic nitrogens is 1. The van der Waals surface area contributed by atoms with E-state index >= 15 is 0 Å². The third-order valence-electron chi connectivity index (χ3n) is 3.64. The zero-order valence-electron chi connectivity index (χ0n) is 13.8. The van der Waals surface area contributed by atoms with E-state index in [0.29, 0.717) is 12.6 Å². The van der Waals surface area contributed by atoms with Crippen LogP contribution in [-0.4, -0.2) is 36.6 Å². The van der Waals surface area contributed by atoms with Crippen LogP contribution in [-0.2, 0) is 0 Å². The van der Waals surface area contributed by atoms with Gasteiger partial charge in [0.15, 0.2) is 11.1 Å². The summed E-state index contributed by atoms with van der Waals surface area (Å²) >= 11 is 1.68. The van der Waals surface area contributed by atoms with Crippen molar-refractivity contribution >= 4 is 56.6 Å². The molecule has 0 aliphatic heterocycles. The van der Waals surface area contributed by atoms with E-state index in [1.807, 2.05) is 18.2 Å². The average molecular weight is 457 g/mol. The largest absolute Gasteiger partial charge is 0.360 e. The number of para-hydroxylation sites is 1. The first-order chi connectivity index (χ1) is 11.3. The quantitative estimate of drug-likeness (QED) is 0.204. The van der Waals surface area contributed by atoms with Gasteiger partial charge < -0.3 is 16.0 Å². The van der Waals surface area contributed by atoms with Crippen LogP contribution in [0, 0.1) is 0 Å². The second kappa shape index (κ2) is 9.83. The lowest BCUT2D eigenvalue weighted by Gasteiger charge is -2.16. The number of anilines is 1. The summed E-state index contributed by atoms with van der Waals surface area (Å²) in [7, 11) is 0. The summed E-state index contributed by atoms with van der Waals surface area (Å²) < 4.78 is 1.21. The van der Waals surface area contributed by atoms with Crippen molar-refractivity contribution in [2.45, 2.75) is 25.8 Å². The standard InChI is InChI=1S/C17H23N5S.HI/c1-2-18-16(21-13-7-3-4-8-13)19-11-12-20-17-22-14-9-5-6-10-15(14)23-17;/h3-6,9-10,13H,2,7-8,11-12H2,1H3,(H,20,22)(H2,18,19,21);1H. The maximum atomic E-state index is 4.63. The highest BCUT2D eigenvalue weighted by Crippen LogP contribution is 2.24. The molecule has 7 heteroatoms. The molecule has 0 saturated carbocycles. The second-order valence-electron chi connectivity index (χ2n) is 5.46. The first kappa shape index (κ1) is 19.0. The lowest BCUT2D eigenvalue weighted by Crippen LogP contribution is -2.42. The molecule has 24 heavy (non-hydrogen) atoms. The van der Waals surface area contributed by atoms with Gasteiger partial charge in [-0.3, -0.25) is 4.99 Å². The van der Waals surface area contributed by atoms with Crippen LogP contribution in [0.3, 0.4) is 0 Å². The lowest BCUT2D eigenvalue weighted by atomic mass is 10.2. The van der Waals surface area contributed by atoms with Gasteiger partial charge in [-0.25, -0.2) is 4.98 Å². The first-order valence-electron chi connectivity index (χ1n) is 8.14. The molecule has 1 aliphatic carbocycles. The minimum atomic E-state index is 0. The van der Waals surface area contributed by atoms with Crippen LogP contribution in [0.15, 0.2) is 41.4 Å². The normalized spacial score (nSPS) is 14.6. The molecule has 5 nitrogen and oxygen atoms in total. The molecule has 0 bridgehead atoms. The van der Waals surface area contributed by atoms with Gasteiger partial charge in [0.05, 0.1) is 16.8 Å². The third kappa shape index (κ3) is 5.34. The zero-order valence-corrected chi connectivity index (χ0v) is 16.9. The summed E-state index contributed by atoms with van der Waals surface area (Å²) in [5, 5.41) is 11.1. The molecule has 1 aliphatic rings. The Morgan fingerprint density at radius 3 is 2.83 bits per heavy atom. The summed E-state index contributed by atoms with van der Waals surface area (Å²) in [6, 6.07) is 8.67. The molecule has 0 fully saturated rings. The van der Waals surface area contributed by atoms with Gasteiger partial charge in [-0.2, -0.15) is 0 Å². The molecular formula is C17H24IN5S. The number of aliphatic imine (C=N–C) groups is 1. The van der Waals surface area contributed by atoms with Gasteiger partial charge in [-0.05, 0) is 31.9 Å². The Morgan fingerprint density at radius 2 is 2.08 bits per heavy atom. The van der Waals surface area contributed by atoms with Crippen molar-refractivity contribution in [1.82, 2.24) is 15.6 Å². The molecule has 0 saturated heterocycles. The van der Waals surface area contributed by atoms with Crippen LogP contribution in [0.5, 0.6) is 0 Å². The molecule has 0 unspecified atom stereocenters. The first-order valence-corrected chi connectivity index (χ1v) is 8.96. The van der Waals surface area contributed by atoms with Gasteiger partial charge in [0.1, 0.15) is 0 Å².